The van der Waals surface area contributed by atoms with Gasteiger partial charge in [-0.1, -0.05) is 13.8 Å². The molecular formula is C16H21N5. The summed E-state index contributed by atoms with van der Waals surface area (Å²) in [6.07, 6.45) is 5.99. The van der Waals surface area contributed by atoms with Crippen molar-refractivity contribution in [2.24, 2.45) is 7.05 Å². The third-order valence-corrected chi connectivity index (χ3v) is 3.52. The van der Waals surface area contributed by atoms with Crippen LogP contribution in [0.5, 0.6) is 0 Å². The van der Waals surface area contributed by atoms with Crippen molar-refractivity contribution in [2.75, 3.05) is 0 Å². The number of pyridine rings is 1. The Morgan fingerprint density at radius 1 is 1.29 bits per heavy atom. The lowest BCUT2D eigenvalue weighted by Gasteiger charge is -2.06. The van der Waals surface area contributed by atoms with Gasteiger partial charge in [-0.15, -0.1) is 0 Å². The van der Waals surface area contributed by atoms with E-state index in [-0.39, 0.29) is 0 Å². The van der Waals surface area contributed by atoms with Gasteiger partial charge in [0, 0.05) is 43.6 Å². The topological polar surface area (TPSA) is 47.7 Å². The van der Waals surface area contributed by atoms with Crippen LogP contribution in [0.4, 0.5) is 0 Å². The summed E-state index contributed by atoms with van der Waals surface area (Å²) in [6.45, 7) is 5.92. The van der Waals surface area contributed by atoms with Gasteiger partial charge in [-0.2, -0.15) is 5.10 Å². The van der Waals surface area contributed by atoms with Gasteiger partial charge in [0.2, 0.25) is 0 Å². The highest BCUT2D eigenvalue weighted by Crippen LogP contribution is 2.20. The third-order valence-electron chi connectivity index (χ3n) is 3.52. The van der Waals surface area contributed by atoms with Gasteiger partial charge in [0.25, 0.3) is 0 Å². The van der Waals surface area contributed by atoms with Crippen LogP contribution in [0, 0.1) is 0 Å². The van der Waals surface area contributed by atoms with Crippen molar-refractivity contribution in [3.63, 3.8) is 0 Å². The third kappa shape index (κ3) is 2.97. The Balaban J connectivity index is 1.94. The molecule has 0 radical (unpaired) electrons. The fraction of sp³-hybridized carbons (Fsp3) is 0.375. The second kappa shape index (κ2) is 5.69. The highest BCUT2D eigenvalue weighted by atomic mass is 15.3. The van der Waals surface area contributed by atoms with Crippen LogP contribution in [-0.2, 0) is 20.1 Å². The van der Waals surface area contributed by atoms with E-state index in [1.54, 1.807) is 0 Å². The van der Waals surface area contributed by atoms with Crippen LogP contribution in [0.15, 0.2) is 36.8 Å². The molecule has 0 saturated heterocycles. The minimum Gasteiger partial charge on any atom is -0.326 e. The summed E-state index contributed by atoms with van der Waals surface area (Å²) in [5, 5.41) is 9.13. The van der Waals surface area contributed by atoms with Crippen molar-refractivity contribution < 1.29 is 0 Å². The largest absolute Gasteiger partial charge is 0.326 e. The first-order valence-corrected chi connectivity index (χ1v) is 7.28. The molecule has 0 aliphatic heterocycles. The molecule has 0 amide bonds. The molecule has 0 aliphatic rings. The SMILES string of the molecule is CC(C)NCc1cn(Cc2ccn(C)n2)c2ncccc12. The molecule has 0 aromatic carbocycles. The van der Waals surface area contributed by atoms with E-state index < -0.39 is 0 Å². The zero-order valence-electron chi connectivity index (χ0n) is 12.7. The monoisotopic (exact) mass is 283 g/mol. The average molecular weight is 283 g/mol. The normalized spacial score (nSPS) is 11.6. The molecule has 0 aliphatic carbocycles. The number of rotatable bonds is 5. The molecule has 1 N–H and O–H groups in total. The average Bonchev–Trinajstić information content (AvgIpc) is 3.02. The minimum absolute atomic E-state index is 0.468. The van der Waals surface area contributed by atoms with Gasteiger partial charge in [-0.3, -0.25) is 4.68 Å². The fourth-order valence-electron chi connectivity index (χ4n) is 2.49. The van der Waals surface area contributed by atoms with Crippen LogP contribution in [0.3, 0.4) is 0 Å². The lowest BCUT2D eigenvalue weighted by Crippen LogP contribution is -2.21. The Morgan fingerprint density at radius 2 is 2.14 bits per heavy atom. The molecule has 0 spiro atoms. The number of hydrogen-bond donors (Lipinski definition) is 1. The van der Waals surface area contributed by atoms with Crippen LogP contribution in [-0.4, -0.2) is 25.4 Å². The lowest BCUT2D eigenvalue weighted by atomic mass is 10.2. The second-order valence-corrected chi connectivity index (χ2v) is 5.67. The number of fused-ring (bicyclic) bond motifs is 1. The highest BCUT2D eigenvalue weighted by molar-refractivity contribution is 5.80. The molecule has 3 aromatic rings. The van der Waals surface area contributed by atoms with Crippen molar-refractivity contribution in [3.05, 3.63) is 48.0 Å². The van der Waals surface area contributed by atoms with E-state index in [1.807, 2.05) is 36.3 Å². The fourth-order valence-corrected chi connectivity index (χ4v) is 2.49. The molecule has 3 aromatic heterocycles. The van der Waals surface area contributed by atoms with Crippen LogP contribution in [0.25, 0.3) is 11.0 Å². The summed E-state index contributed by atoms with van der Waals surface area (Å²) in [7, 11) is 1.94. The molecule has 110 valence electrons. The maximum Gasteiger partial charge on any atom is 0.140 e. The smallest absolute Gasteiger partial charge is 0.140 e. The van der Waals surface area contributed by atoms with Crippen molar-refractivity contribution in [1.82, 2.24) is 24.6 Å². The standard InChI is InChI=1S/C16H21N5/c1-12(2)18-9-13-10-21(11-14-6-8-20(3)19-14)16-15(13)5-4-7-17-16/h4-8,10,12,18H,9,11H2,1-3H3. The molecule has 21 heavy (non-hydrogen) atoms. The zero-order valence-corrected chi connectivity index (χ0v) is 12.7. The minimum atomic E-state index is 0.468. The molecule has 0 unspecified atom stereocenters. The van der Waals surface area contributed by atoms with Gasteiger partial charge in [-0.25, -0.2) is 4.98 Å². The van der Waals surface area contributed by atoms with Crippen LogP contribution < -0.4 is 5.32 Å². The molecule has 5 nitrogen and oxygen atoms in total. The van der Waals surface area contributed by atoms with Crippen molar-refractivity contribution in [1.29, 1.82) is 0 Å². The lowest BCUT2D eigenvalue weighted by molar-refractivity contribution is 0.589. The van der Waals surface area contributed by atoms with E-state index >= 15 is 0 Å². The van der Waals surface area contributed by atoms with Crippen molar-refractivity contribution in [3.8, 4) is 0 Å². The molecule has 0 bridgehead atoms. The summed E-state index contributed by atoms with van der Waals surface area (Å²) < 4.78 is 4.00. The predicted molar refractivity (Wildman–Crippen MR) is 84.0 cm³/mol. The maximum atomic E-state index is 4.53. The zero-order chi connectivity index (χ0) is 14.8. The predicted octanol–water partition coefficient (Wildman–Crippen LogP) is 2.32. The van der Waals surface area contributed by atoms with Crippen LogP contribution >= 0.6 is 0 Å². The highest BCUT2D eigenvalue weighted by Gasteiger charge is 2.10. The molecule has 3 heterocycles. The van der Waals surface area contributed by atoms with Gasteiger partial charge in [-0.05, 0) is 23.8 Å². The first-order chi connectivity index (χ1) is 10.1. The molecule has 0 atom stereocenters. The molecule has 5 heteroatoms. The van der Waals surface area contributed by atoms with E-state index in [4.69, 9.17) is 0 Å². The first-order valence-electron chi connectivity index (χ1n) is 7.28. The van der Waals surface area contributed by atoms with Gasteiger partial charge >= 0.3 is 0 Å². The quantitative estimate of drug-likeness (QED) is 0.781. The van der Waals surface area contributed by atoms with E-state index in [1.165, 1.54) is 10.9 Å². The number of aryl methyl sites for hydroxylation is 1. The van der Waals surface area contributed by atoms with Gasteiger partial charge in [0.15, 0.2) is 0 Å². The first kappa shape index (κ1) is 13.8. The Kier molecular flexibility index (Phi) is 3.75. The van der Waals surface area contributed by atoms with Gasteiger partial charge < -0.3 is 9.88 Å². The van der Waals surface area contributed by atoms with Crippen LogP contribution in [0.2, 0.25) is 0 Å². The summed E-state index contributed by atoms with van der Waals surface area (Å²) in [5.74, 6) is 0. The molecule has 0 fully saturated rings. The van der Waals surface area contributed by atoms with E-state index in [9.17, 15) is 0 Å². The Morgan fingerprint density at radius 3 is 2.86 bits per heavy atom. The Bertz CT molecular complexity index is 738. The van der Waals surface area contributed by atoms with E-state index in [2.05, 4.69) is 46.1 Å². The summed E-state index contributed by atoms with van der Waals surface area (Å²) in [6, 6.07) is 6.64. The Hall–Kier alpha value is -2.14. The van der Waals surface area contributed by atoms with Gasteiger partial charge in [0.1, 0.15) is 5.65 Å². The van der Waals surface area contributed by atoms with Crippen molar-refractivity contribution >= 4 is 11.0 Å². The molecule has 0 saturated carbocycles. The van der Waals surface area contributed by atoms with Gasteiger partial charge in [0.05, 0.1) is 12.2 Å². The molecular weight excluding hydrogens is 262 g/mol. The second-order valence-electron chi connectivity index (χ2n) is 5.67. The number of nitrogens with one attached hydrogen (secondary N) is 1. The summed E-state index contributed by atoms with van der Waals surface area (Å²) >= 11 is 0. The summed E-state index contributed by atoms with van der Waals surface area (Å²) in [4.78, 5) is 4.53. The van der Waals surface area contributed by atoms with Crippen LogP contribution in [0.1, 0.15) is 25.1 Å². The number of nitrogens with zero attached hydrogens (tertiary/aromatic N) is 4. The maximum absolute atomic E-state index is 4.53. The van der Waals surface area contributed by atoms with Crippen molar-refractivity contribution in [2.45, 2.75) is 33.0 Å². The Labute approximate surface area is 124 Å². The van der Waals surface area contributed by atoms with E-state index in [0.29, 0.717) is 6.04 Å². The number of hydrogen-bond acceptors (Lipinski definition) is 3. The van der Waals surface area contributed by atoms with E-state index in [0.717, 1.165) is 24.4 Å². The molecule has 3 rings (SSSR count). The number of aromatic nitrogens is 4. The summed E-state index contributed by atoms with van der Waals surface area (Å²) in [5.41, 5.74) is 3.34.